The molecule has 2 N–H and O–H groups in total. The van der Waals surface area contributed by atoms with Crippen LogP contribution in [0.5, 0.6) is 0 Å². The molecule has 0 saturated heterocycles. The van der Waals surface area contributed by atoms with Crippen molar-refractivity contribution in [2.75, 3.05) is 19.7 Å². The molecule has 7 heteroatoms. The Hall–Kier alpha value is -1.30. The zero-order valence-electron chi connectivity index (χ0n) is 14.2. The molecule has 0 aliphatic carbocycles. The van der Waals surface area contributed by atoms with Gasteiger partial charge in [-0.25, -0.2) is 0 Å². The van der Waals surface area contributed by atoms with Crippen LogP contribution in [0.2, 0.25) is 10.0 Å². The summed E-state index contributed by atoms with van der Waals surface area (Å²) >= 11 is 11.9. The van der Waals surface area contributed by atoms with Gasteiger partial charge in [-0.3, -0.25) is 9.59 Å². The first-order valence-corrected chi connectivity index (χ1v) is 8.71. The van der Waals surface area contributed by atoms with Crippen molar-refractivity contribution < 1.29 is 14.7 Å². The third-order valence-corrected chi connectivity index (χ3v) is 4.10. The molecule has 0 aromatic heterocycles. The maximum absolute atomic E-state index is 12.7. The maximum atomic E-state index is 12.7. The summed E-state index contributed by atoms with van der Waals surface area (Å²) in [6, 6.07) is 3.92. The molecule has 0 fully saturated rings. The van der Waals surface area contributed by atoms with E-state index in [1.54, 1.807) is 6.07 Å². The molecule has 0 bridgehead atoms. The molecule has 1 aromatic carbocycles. The molecular formula is C17H24Cl2N2O3. The van der Waals surface area contributed by atoms with Gasteiger partial charge in [0.25, 0.3) is 5.91 Å². The number of aliphatic hydroxyl groups excluding tert-OH is 1. The highest BCUT2D eigenvalue weighted by Gasteiger charge is 2.26. The van der Waals surface area contributed by atoms with Crippen molar-refractivity contribution in [1.82, 2.24) is 10.2 Å². The van der Waals surface area contributed by atoms with E-state index in [1.807, 2.05) is 20.8 Å². The largest absolute Gasteiger partial charge is 0.395 e. The number of hydrogen-bond acceptors (Lipinski definition) is 3. The zero-order chi connectivity index (χ0) is 18.3. The Balaban J connectivity index is 2.96. The van der Waals surface area contributed by atoms with Crippen molar-refractivity contribution in [2.45, 2.75) is 33.2 Å². The van der Waals surface area contributed by atoms with Gasteiger partial charge in [0.1, 0.15) is 6.04 Å². The average Bonchev–Trinajstić information content (AvgIpc) is 2.50. The molecule has 0 heterocycles. The van der Waals surface area contributed by atoms with Crippen LogP contribution in [0.1, 0.15) is 37.6 Å². The topological polar surface area (TPSA) is 69.6 Å². The van der Waals surface area contributed by atoms with Crippen molar-refractivity contribution in [3.63, 3.8) is 0 Å². The van der Waals surface area contributed by atoms with Gasteiger partial charge in [-0.1, -0.05) is 37.0 Å². The predicted octanol–water partition coefficient (Wildman–Crippen LogP) is 2.98. The standard InChI is InChI=1S/C17H24Cl2N2O3/c1-4-21(7-8-22)17(24)15(9-11(2)3)20-16(23)13-6-5-12(18)10-14(13)19/h5-6,10-11,15,22H,4,7-9H2,1-3H3,(H,20,23). The average molecular weight is 375 g/mol. The lowest BCUT2D eigenvalue weighted by Gasteiger charge is -2.27. The summed E-state index contributed by atoms with van der Waals surface area (Å²) in [7, 11) is 0. The summed E-state index contributed by atoms with van der Waals surface area (Å²) in [6.07, 6.45) is 0.498. The van der Waals surface area contributed by atoms with E-state index in [1.165, 1.54) is 17.0 Å². The zero-order valence-corrected chi connectivity index (χ0v) is 15.7. The molecule has 1 rings (SSSR count). The number of hydrogen-bond donors (Lipinski definition) is 2. The smallest absolute Gasteiger partial charge is 0.253 e. The molecule has 0 aliphatic heterocycles. The van der Waals surface area contributed by atoms with Crippen LogP contribution in [0, 0.1) is 5.92 Å². The van der Waals surface area contributed by atoms with Crippen LogP contribution in [0.4, 0.5) is 0 Å². The summed E-state index contributed by atoms with van der Waals surface area (Å²) in [5, 5.41) is 12.5. The van der Waals surface area contributed by atoms with Crippen LogP contribution in [-0.4, -0.2) is 47.6 Å². The Morgan fingerprint density at radius 3 is 2.46 bits per heavy atom. The van der Waals surface area contributed by atoms with Crippen molar-refractivity contribution in [2.24, 2.45) is 5.92 Å². The second kappa shape index (κ2) is 9.87. The highest BCUT2D eigenvalue weighted by Crippen LogP contribution is 2.21. The van der Waals surface area contributed by atoms with Gasteiger partial charge in [0, 0.05) is 18.1 Å². The van der Waals surface area contributed by atoms with Crippen LogP contribution in [0.15, 0.2) is 18.2 Å². The molecule has 0 saturated carbocycles. The lowest BCUT2D eigenvalue weighted by Crippen LogP contribution is -2.49. The molecule has 2 amide bonds. The lowest BCUT2D eigenvalue weighted by molar-refractivity contribution is -0.134. The second-order valence-corrected chi connectivity index (χ2v) is 6.76. The number of halogens is 2. The van der Waals surface area contributed by atoms with Gasteiger partial charge in [0.05, 0.1) is 17.2 Å². The number of carbonyl (C=O) groups excluding carboxylic acids is 2. The third kappa shape index (κ3) is 5.96. The number of benzene rings is 1. The Bertz CT molecular complexity index is 579. The van der Waals surface area contributed by atoms with E-state index in [-0.39, 0.29) is 35.6 Å². The molecule has 0 aliphatic rings. The number of likely N-dealkylation sites (N-methyl/N-ethyl adjacent to an activating group) is 1. The first-order valence-electron chi connectivity index (χ1n) is 7.95. The molecule has 1 atom stereocenters. The van der Waals surface area contributed by atoms with Crippen LogP contribution in [0.25, 0.3) is 0 Å². The van der Waals surface area contributed by atoms with E-state index in [2.05, 4.69) is 5.32 Å². The maximum Gasteiger partial charge on any atom is 0.253 e. The van der Waals surface area contributed by atoms with Crippen molar-refractivity contribution in [3.8, 4) is 0 Å². The molecule has 134 valence electrons. The van der Waals surface area contributed by atoms with Crippen LogP contribution in [0.3, 0.4) is 0 Å². The summed E-state index contributed by atoms with van der Waals surface area (Å²) in [6.45, 7) is 6.37. The van der Waals surface area contributed by atoms with E-state index in [0.29, 0.717) is 18.0 Å². The second-order valence-electron chi connectivity index (χ2n) is 5.92. The van der Waals surface area contributed by atoms with Gasteiger partial charge in [-0.15, -0.1) is 0 Å². The molecule has 24 heavy (non-hydrogen) atoms. The third-order valence-electron chi connectivity index (χ3n) is 3.55. The fraction of sp³-hybridized carbons (Fsp3) is 0.529. The van der Waals surface area contributed by atoms with Gasteiger partial charge >= 0.3 is 0 Å². The normalized spacial score (nSPS) is 12.1. The van der Waals surface area contributed by atoms with Crippen molar-refractivity contribution in [1.29, 1.82) is 0 Å². The van der Waals surface area contributed by atoms with E-state index in [4.69, 9.17) is 28.3 Å². The lowest BCUT2D eigenvalue weighted by atomic mass is 10.0. The van der Waals surface area contributed by atoms with Gasteiger partial charge in [-0.05, 0) is 37.5 Å². The summed E-state index contributed by atoms with van der Waals surface area (Å²) in [5.41, 5.74) is 0.271. The summed E-state index contributed by atoms with van der Waals surface area (Å²) in [5.74, 6) is -0.415. The summed E-state index contributed by atoms with van der Waals surface area (Å²) in [4.78, 5) is 26.7. The van der Waals surface area contributed by atoms with Crippen LogP contribution in [-0.2, 0) is 4.79 Å². The molecule has 0 radical (unpaired) electrons. The minimum atomic E-state index is -0.671. The monoisotopic (exact) mass is 374 g/mol. The Morgan fingerprint density at radius 1 is 1.29 bits per heavy atom. The molecule has 5 nitrogen and oxygen atoms in total. The number of nitrogens with one attached hydrogen (secondary N) is 1. The summed E-state index contributed by atoms with van der Waals surface area (Å²) < 4.78 is 0. The number of nitrogens with zero attached hydrogens (tertiary/aromatic N) is 1. The van der Waals surface area contributed by atoms with Gasteiger partial charge < -0.3 is 15.3 Å². The van der Waals surface area contributed by atoms with Crippen LogP contribution < -0.4 is 5.32 Å². The van der Waals surface area contributed by atoms with E-state index < -0.39 is 11.9 Å². The van der Waals surface area contributed by atoms with Crippen LogP contribution >= 0.6 is 23.2 Å². The molecule has 0 spiro atoms. The molecular weight excluding hydrogens is 351 g/mol. The SMILES string of the molecule is CCN(CCO)C(=O)C(CC(C)C)NC(=O)c1ccc(Cl)cc1Cl. The van der Waals surface area contributed by atoms with Crippen molar-refractivity contribution >= 4 is 35.0 Å². The van der Waals surface area contributed by atoms with E-state index >= 15 is 0 Å². The fourth-order valence-electron chi connectivity index (χ4n) is 2.37. The quantitative estimate of drug-likeness (QED) is 0.734. The Morgan fingerprint density at radius 2 is 1.96 bits per heavy atom. The minimum absolute atomic E-state index is 0.120. The molecule has 1 aromatic rings. The highest BCUT2D eigenvalue weighted by atomic mass is 35.5. The van der Waals surface area contributed by atoms with Crippen molar-refractivity contribution in [3.05, 3.63) is 33.8 Å². The minimum Gasteiger partial charge on any atom is -0.395 e. The van der Waals surface area contributed by atoms with E-state index in [9.17, 15) is 9.59 Å². The first-order chi connectivity index (χ1) is 11.3. The van der Waals surface area contributed by atoms with E-state index in [0.717, 1.165) is 0 Å². The first kappa shape index (κ1) is 20.7. The Kier molecular flexibility index (Phi) is 8.53. The molecule has 1 unspecified atom stereocenters. The highest BCUT2D eigenvalue weighted by molar-refractivity contribution is 6.36. The van der Waals surface area contributed by atoms with Gasteiger partial charge in [-0.2, -0.15) is 0 Å². The fourth-order valence-corrected chi connectivity index (χ4v) is 2.86. The van der Waals surface area contributed by atoms with Gasteiger partial charge in [0.15, 0.2) is 0 Å². The predicted molar refractivity (Wildman–Crippen MR) is 96.5 cm³/mol. The number of aliphatic hydroxyl groups is 1. The number of rotatable bonds is 8. The van der Waals surface area contributed by atoms with Gasteiger partial charge in [0.2, 0.25) is 5.91 Å². The number of amides is 2. The number of carbonyl (C=O) groups is 2. The Labute approximate surface area is 152 Å².